The first-order valence-electron chi connectivity index (χ1n) is 5.87. The predicted octanol–water partition coefficient (Wildman–Crippen LogP) is 0.476. The summed E-state index contributed by atoms with van der Waals surface area (Å²) in [5, 5.41) is 20.7. The number of aliphatic carboxylic acids is 1. The molecule has 0 spiro atoms. The molecular weight excluding hydrogens is 222 g/mol. The average molecular weight is 243 g/mol. The van der Waals surface area contributed by atoms with Gasteiger partial charge in [0.15, 0.2) is 0 Å². The van der Waals surface area contributed by atoms with Gasteiger partial charge in [-0.1, -0.05) is 20.8 Å². The molecule has 1 aliphatic carbocycles. The lowest BCUT2D eigenvalue weighted by atomic mass is 10.0. The van der Waals surface area contributed by atoms with E-state index in [4.69, 9.17) is 10.2 Å². The van der Waals surface area contributed by atoms with E-state index in [9.17, 15) is 9.59 Å². The van der Waals surface area contributed by atoms with Crippen LogP contribution >= 0.6 is 0 Å². The summed E-state index contributed by atoms with van der Waals surface area (Å²) in [5.74, 6) is -2.25. The topological polar surface area (TPSA) is 86.6 Å². The molecule has 0 bridgehead atoms. The Morgan fingerprint density at radius 1 is 1.29 bits per heavy atom. The lowest BCUT2D eigenvalue weighted by Gasteiger charge is -2.19. The highest BCUT2D eigenvalue weighted by atomic mass is 16.4. The van der Waals surface area contributed by atoms with Gasteiger partial charge in [-0.25, -0.2) is 0 Å². The van der Waals surface area contributed by atoms with Gasteiger partial charge >= 0.3 is 5.97 Å². The van der Waals surface area contributed by atoms with Gasteiger partial charge in [0.25, 0.3) is 0 Å². The van der Waals surface area contributed by atoms with E-state index in [1.165, 1.54) is 0 Å². The van der Waals surface area contributed by atoms with Crippen LogP contribution in [-0.2, 0) is 9.59 Å². The third-order valence-corrected chi connectivity index (χ3v) is 3.89. The molecule has 1 saturated carbocycles. The van der Waals surface area contributed by atoms with Crippen LogP contribution in [0.1, 0.15) is 27.7 Å². The van der Waals surface area contributed by atoms with Crippen LogP contribution in [0.2, 0.25) is 0 Å². The van der Waals surface area contributed by atoms with E-state index in [1.807, 2.05) is 13.8 Å². The quantitative estimate of drug-likeness (QED) is 0.655. The van der Waals surface area contributed by atoms with Crippen molar-refractivity contribution in [2.24, 2.45) is 23.2 Å². The van der Waals surface area contributed by atoms with Crippen molar-refractivity contribution in [3.63, 3.8) is 0 Å². The summed E-state index contributed by atoms with van der Waals surface area (Å²) in [6.45, 7) is 7.21. The molecule has 1 aliphatic rings. The van der Waals surface area contributed by atoms with Crippen molar-refractivity contribution >= 4 is 11.9 Å². The Kier molecular flexibility index (Phi) is 3.81. The molecule has 5 heteroatoms. The summed E-state index contributed by atoms with van der Waals surface area (Å²) in [6, 6.07) is -0.154. The maximum absolute atomic E-state index is 11.9. The Morgan fingerprint density at radius 3 is 2.18 bits per heavy atom. The molecule has 5 nitrogen and oxygen atoms in total. The van der Waals surface area contributed by atoms with Gasteiger partial charge < -0.3 is 15.5 Å². The fraction of sp³-hybridized carbons (Fsp3) is 0.833. The number of carbonyl (C=O) groups is 2. The molecule has 98 valence electrons. The molecule has 0 radical (unpaired) electrons. The number of hydrogen-bond donors (Lipinski definition) is 3. The molecule has 2 unspecified atom stereocenters. The zero-order valence-electron chi connectivity index (χ0n) is 10.7. The molecule has 1 amide bonds. The second-order valence-corrected chi connectivity index (χ2v) is 5.57. The van der Waals surface area contributed by atoms with Crippen LogP contribution in [0.4, 0.5) is 0 Å². The number of carboxylic acid groups (broad SMARTS) is 1. The summed E-state index contributed by atoms with van der Waals surface area (Å²) in [7, 11) is 0. The van der Waals surface area contributed by atoms with Gasteiger partial charge in [0, 0.05) is 12.6 Å². The molecule has 0 aliphatic heterocycles. The zero-order chi connectivity index (χ0) is 13.4. The summed E-state index contributed by atoms with van der Waals surface area (Å²) < 4.78 is 0. The predicted molar refractivity (Wildman–Crippen MR) is 62.3 cm³/mol. The van der Waals surface area contributed by atoms with Crippen molar-refractivity contribution in [3.8, 4) is 0 Å². The Bertz CT molecular complexity index is 326. The van der Waals surface area contributed by atoms with Crippen molar-refractivity contribution in [3.05, 3.63) is 0 Å². The molecule has 0 aromatic carbocycles. The van der Waals surface area contributed by atoms with E-state index in [2.05, 4.69) is 5.32 Å². The molecular formula is C12H21NO4. The Morgan fingerprint density at radius 2 is 1.82 bits per heavy atom. The molecule has 4 atom stereocenters. The molecule has 1 rings (SSSR count). The number of aliphatic hydroxyl groups is 1. The van der Waals surface area contributed by atoms with Crippen LogP contribution in [-0.4, -0.2) is 34.7 Å². The number of amides is 1. The number of carbonyl (C=O) groups excluding carboxylic acids is 1. The molecule has 0 saturated heterocycles. The van der Waals surface area contributed by atoms with E-state index in [0.29, 0.717) is 0 Å². The molecule has 3 N–H and O–H groups in total. The Balaban J connectivity index is 2.59. The van der Waals surface area contributed by atoms with Crippen molar-refractivity contribution in [2.75, 3.05) is 6.61 Å². The second-order valence-electron chi connectivity index (χ2n) is 5.57. The number of rotatable bonds is 5. The molecule has 17 heavy (non-hydrogen) atoms. The maximum Gasteiger partial charge on any atom is 0.307 e. The van der Waals surface area contributed by atoms with Gasteiger partial charge in [-0.3, -0.25) is 9.59 Å². The molecule has 0 aromatic heterocycles. The number of nitrogens with one attached hydrogen (secondary N) is 1. The standard InChI is InChI=1S/C12H21NO4/c1-6(5-14)7(2)13-10(15)8-9(11(16)17)12(8,3)4/h6-9,14H,5H2,1-4H3,(H,13,15)(H,16,17)/t6?,7?,8-,9+/m1/s1. The van der Waals surface area contributed by atoms with Gasteiger partial charge in [0.2, 0.25) is 5.91 Å². The van der Waals surface area contributed by atoms with Crippen molar-refractivity contribution in [1.82, 2.24) is 5.32 Å². The fourth-order valence-electron chi connectivity index (χ4n) is 2.20. The first-order chi connectivity index (χ1) is 7.73. The normalized spacial score (nSPS) is 29.2. The van der Waals surface area contributed by atoms with Crippen LogP contribution < -0.4 is 5.32 Å². The van der Waals surface area contributed by atoms with Gasteiger partial charge in [-0.05, 0) is 18.3 Å². The second kappa shape index (κ2) is 4.64. The lowest BCUT2D eigenvalue weighted by molar-refractivity contribution is -0.140. The molecule has 1 fully saturated rings. The van der Waals surface area contributed by atoms with E-state index < -0.39 is 23.2 Å². The van der Waals surface area contributed by atoms with Crippen LogP contribution in [0, 0.1) is 23.2 Å². The van der Waals surface area contributed by atoms with Crippen molar-refractivity contribution in [2.45, 2.75) is 33.7 Å². The minimum Gasteiger partial charge on any atom is -0.481 e. The number of carboxylic acids is 1. The van der Waals surface area contributed by atoms with Crippen LogP contribution in [0.15, 0.2) is 0 Å². The Labute approximate surface area is 101 Å². The zero-order valence-corrected chi connectivity index (χ0v) is 10.7. The molecule has 0 aromatic rings. The monoisotopic (exact) mass is 243 g/mol. The summed E-state index contributed by atoms with van der Waals surface area (Å²) in [6.07, 6.45) is 0. The van der Waals surface area contributed by atoms with E-state index in [0.717, 1.165) is 0 Å². The van der Waals surface area contributed by atoms with E-state index in [1.54, 1.807) is 13.8 Å². The lowest BCUT2D eigenvalue weighted by Crippen LogP contribution is -2.40. The van der Waals surface area contributed by atoms with Gasteiger partial charge in [0.1, 0.15) is 0 Å². The fourth-order valence-corrected chi connectivity index (χ4v) is 2.20. The van der Waals surface area contributed by atoms with Crippen LogP contribution in [0.5, 0.6) is 0 Å². The van der Waals surface area contributed by atoms with Crippen molar-refractivity contribution in [1.29, 1.82) is 0 Å². The minimum atomic E-state index is -0.919. The highest BCUT2D eigenvalue weighted by Gasteiger charge is 2.65. The summed E-state index contributed by atoms with van der Waals surface area (Å²) in [5.41, 5.74) is -0.474. The smallest absolute Gasteiger partial charge is 0.307 e. The SMILES string of the molecule is CC(CO)C(C)NC(=O)[C@H]1[C@@H](C(=O)O)C1(C)C. The highest BCUT2D eigenvalue weighted by molar-refractivity contribution is 5.91. The summed E-state index contributed by atoms with van der Waals surface area (Å²) in [4.78, 5) is 22.9. The summed E-state index contributed by atoms with van der Waals surface area (Å²) >= 11 is 0. The minimum absolute atomic E-state index is 0.00212. The average Bonchev–Trinajstić information content (AvgIpc) is 2.80. The van der Waals surface area contributed by atoms with Crippen molar-refractivity contribution < 1.29 is 19.8 Å². The van der Waals surface area contributed by atoms with Gasteiger partial charge in [0.05, 0.1) is 11.8 Å². The molecule has 0 heterocycles. The van der Waals surface area contributed by atoms with E-state index >= 15 is 0 Å². The van der Waals surface area contributed by atoms with Crippen LogP contribution in [0.25, 0.3) is 0 Å². The highest BCUT2D eigenvalue weighted by Crippen LogP contribution is 2.58. The van der Waals surface area contributed by atoms with Crippen LogP contribution in [0.3, 0.4) is 0 Å². The first-order valence-corrected chi connectivity index (χ1v) is 5.87. The number of aliphatic hydroxyl groups excluding tert-OH is 1. The largest absolute Gasteiger partial charge is 0.481 e. The maximum atomic E-state index is 11.9. The van der Waals surface area contributed by atoms with Gasteiger partial charge in [-0.15, -0.1) is 0 Å². The van der Waals surface area contributed by atoms with E-state index in [-0.39, 0.29) is 24.5 Å². The Hall–Kier alpha value is -1.10. The van der Waals surface area contributed by atoms with Gasteiger partial charge in [-0.2, -0.15) is 0 Å². The third-order valence-electron chi connectivity index (χ3n) is 3.89. The third kappa shape index (κ3) is 2.60. The number of hydrogen-bond acceptors (Lipinski definition) is 3. The first kappa shape index (κ1) is 14.0.